The summed E-state index contributed by atoms with van der Waals surface area (Å²) >= 11 is 0. The third-order valence-corrected chi connectivity index (χ3v) is 6.13. The van der Waals surface area contributed by atoms with Crippen molar-refractivity contribution in [3.05, 3.63) is 51.6 Å². The highest BCUT2D eigenvalue weighted by Crippen LogP contribution is 2.35. The maximum absolute atomic E-state index is 13.2. The fourth-order valence-corrected chi connectivity index (χ4v) is 4.35. The topological polar surface area (TPSA) is 103 Å². The van der Waals surface area contributed by atoms with Crippen LogP contribution < -0.4 is 15.8 Å². The van der Waals surface area contributed by atoms with Gasteiger partial charge in [0.2, 0.25) is 5.91 Å². The van der Waals surface area contributed by atoms with Gasteiger partial charge in [-0.15, -0.1) is 0 Å². The first kappa shape index (κ1) is 27.4. The summed E-state index contributed by atoms with van der Waals surface area (Å²) < 4.78 is 83.9. The van der Waals surface area contributed by atoms with E-state index in [9.17, 15) is 35.9 Å². The first-order valence-corrected chi connectivity index (χ1v) is 11.6. The van der Waals surface area contributed by atoms with Crippen molar-refractivity contribution in [1.82, 2.24) is 20.1 Å². The molecule has 38 heavy (non-hydrogen) atoms. The molecule has 1 saturated heterocycles. The standard InChI is InChI=1S/C23H24F6N6O3/c1-13(32-17-10-31-33-21(37)19(17)23(27,28)29)12-38-7-4-18(36)34-5-6-35-16(11-34)3-2-14-8-15(22(24,25)26)9-30-20(14)35/h2-3,8-10,13,16H,4-7,11-12H2,1H3,(H2,32,33,37)/t13-,16+/m0/s1. The largest absolute Gasteiger partial charge is 0.423 e. The molecule has 4 rings (SSSR count). The van der Waals surface area contributed by atoms with Crippen LogP contribution in [0.25, 0.3) is 6.08 Å². The molecule has 1 amide bonds. The van der Waals surface area contributed by atoms with Gasteiger partial charge < -0.3 is 19.9 Å². The van der Waals surface area contributed by atoms with E-state index in [0.717, 1.165) is 18.5 Å². The summed E-state index contributed by atoms with van der Waals surface area (Å²) in [6.45, 7) is 2.61. The molecule has 0 aliphatic carbocycles. The van der Waals surface area contributed by atoms with Gasteiger partial charge in [0.05, 0.1) is 43.1 Å². The zero-order valence-electron chi connectivity index (χ0n) is 20.1. The average Bonchev–Trinajstić information content (AvgIpc) is 2.84. The Morgan fingerprint density at radius 3 is 2.68 bits per heavy atom. The third-order valence-electron chi connectivity index (χ3n) is 6.13. The number of H-pyrrole nitrogens is 1. The molecular formula is C23H24F6N6O3. The number of pyridine rings is 1. The molecule has 2 aliphatic heterocycles. The van der Waals surface area contributed by atoms with Crippen LogP contribution in [0, 0.1) is 0 Å². The van der Waals surface area contributed by atoms with Gasteiger partial charge in [-0.25, -0.2) is 10.1 Å². The normalized spacial score (nSPS) is 18.1. The molecule has 2 aliphatic rings. The lowest BCUT2D eigenvalue weighted by Gasteiger charge is -2.43. The van der Waals surface area contributed by atoms with E-state index in [1.54, 1.807) is 29.1 Å². The Morgan fingerprint density at radius 1 is 1.21 bits per heavy atom. The molecule has 0 saturated carbocycles. The van der Waals surface area contributed by atoms with Crippen LogP contribution in [0.1, 0.15) is 30.0 Å². The Kier molecular flexibility index (Phi) is 7.67. The second-order valence-corrected chi connectivity index (χ2v) is 8.95. The van der Waals surface area contributed by atoms with Crippen LogP contribution in [0.2, 0.25) is 0 Å². The summed E-state index contributed by atoms with van der Waals surface area (Å²) in [5.74, 6) is 0.245. The number of ether oxygens (including phenoxy) is 1. The van der Waals surface area contributed by atoms with Crippen LogP contribution in [0.15, 0.2) is 29.3 Å². The van der Waals surface area contributed by atoms with E-state index in [1.807, 2.05) is 4.90 Å². The average molecular weight is 546 g/mol. The van der Waals surface area contributed by atoms with Crippen LogP contribution in [0.3, 0.4) is 0 Å². The Bertz CT molecular complexity index is 1260. The highest BCUT2D eigenvalue weighted by Gasteiger charge is 2.38. The number of fused-ring (bicyclic) bond motifs is 3. The lowest BCUT2D eigenvalue weighted by molar-refractivity contribution is -0.138. The molecule has 4 heterocycles. The maximum Gasteiger partial charge on any atom is 0.423 e. The predicted molar refractivity (Wildman–Crippen MR) is 124 cm³/mol. The van der Waals surface area contributed by atoms with E-state index < -0.39 is 40.8 Å². The van der Waals surface area contributed by atoms with Crippen molar-refractivity contribution in [1.29, 1.82) is 0 Å². The summed E-state index contributed by atoms with van der Waals surface area (Å²) in [4.78, 5) is 31.7. The molecule has 0 aromatic carbocycles. The van der Waals surface area contributed by atoms with Crippen molar-refractivity contribution >= 4 is 23.5 Å². The van der Waals surface area contributed by atoms with Gasteiger partial charge in [-0.1, -0.05) is 12.2 Å². The second kappa shape index (κ2) is 10.6. The van der Waals surface area contributed by atoms with Gasteiger partial charge in [-0.3, -0.25) is 9.59 Å². The van der Waals surface area contributed by atoms with E-state index in [1.165, 1.54) is 0 Å². The summed E-state index contributed by atoms with van der Waals surface area (Å²) in [6.07, 6.45) is -4.34. The molecule has 206 valence electrons. The zero-order chi connectivity index (χ0) is 27.7. The molecule has 0 bridgehead atoms. The van der Waals surface area contributed by atoms with E-state index in [2.05, 4.69) is 15.4 Å². The number of alkyl halides is 6. The highest BCUT2D eigenvalue weighted by molar-refractivity contribution is 5.77. The van der Waals surface area contributed by atoms with E-state index in [4.69, 9.17) is 4.74 Å². The second-order valence-electron chi connectivity index (χ2n) is 8.95. The molecule has 2 atom stereocenters. The summed E-state index contributed by atoms with van der Waals surface area (Å²) in [5.41, 5.74) is -3.68. The summed E-state index contributed by atoms with van der Waals surface area (Å²) in [6, 6.07) is 0.201. The van der Waals surface area contributed by atoms with Gasteiger partial charge in [0.1, 0.15) is 11.4 Å². The number of hydrogen-bond donors (Lipinski definition) is 2. The SMILES string of the molecule is C[C@@H](COCCC(=O)N1CCN2c3ncc(C(F)(F)F)cc3C=C[C@@H]2C1)Nc1cn[nH]c(=O)c1C(F)(F)F. The number of anilines is 2. The van der Waals surface area contributed by atoms with Crippen molar-refractivity contribution < 1.29 is 35.9 Å². The molecule has 2 aromatic heterocycles. The van der Waals surface area contributed by atoms with Crippen LogP contribution >= 0.6 is 0 Å². The first-order chi connectivity index (χ1) is 17.8. The Labute approximate surface area is 212 Å². The number of amides is 1. The predicted octanol–water partition coefficient (Wildman–Crippen LogP) is 3.15. The smallest absolute Gasteiger partial charge is 0.379 e. The number of aromatic amines is 1. The zero-order valence-corrected chi connectivity index (χ0v) is 20.1. The van der Waals surface area contributed by atoms with Crippen molar-refractivity contribution in [3.8, 4) is 0 Å². The Morgan fingerprint density at radius 2 is 1.97 bits per heavy atom. The number of carbonyl (C=O) groups is 1. The number of rotatable bonds is 7. The molecule has 15 heteroatoms. The minimum absolute atomic E-state index is 0.0237. The molecule has 2 aromatic rings. The van der Waals surface area contributed by atoms with Crippen molar-refractivity contribution in [2.45, 2.75) is 37.8 Å². The highest BCUT2D eigenvalue weighted by atomic mass is 19.4. The van der Waals surface area contributed by atoms with Gasteiger partial charge in [-0.05, 0) is 13.0 Å². The molecular weight excluding hydrogens is 522 g/mol. The fraction of sp³-hybridized carbons (Fsp3) is 0.478. The number of nitrogens with one attached hydrogen (secondary N) is 2. The number of aromatic nitrogens is 3. The minimum atomic E-state index is -4.87. The van der Waals surface area contributed by atoms with Gasteiger partial charge in [0.15, 0.2) is 0 Å². The lowest BCUT2D eigenvalue weighted by Crippen LogP contribution is -2.55. The van der Waals surface area contributed by atoms with E-state index >= 15 is 0 Å². The van der Waals surface area contributed by atoms with Crippen LogP contribution in [-0.2, 0) is 21.9 Å². The van der Waals surface area contributed by atoms with Crippen LogP contribution in [0.4, 0.5) is 37.8 Å². The van der Waals surface area contributed by atoms with Gasteiger partial charge in [-0.2, -0.15) is 31.4 Å². The molecule has 1 fully saturated rings. The number of piperazine rings is 1. The number of hydrogen-bond acceptors (Lipinski definition) is 7. The molecule has 2 N–H and O–H groups in total. The number of nitrogens with zero attached hydrogens (tertiary/aromatic N) is 4. The fourth-order valence-electron chi connectivity index (χ4n) is 4.35. The van der Waals surface area contributed by atoms with E-state index in [-0.39, 0.29) is 31.6 Å². The lowest BCUT2D eigenvalue weighted by atomic mass is 10.0. The Hall–Kier alpha value is -3.62. The molecule has 0 spiro atoms. The van der Waals surface area contributed by atoms with Gasteiger partial charge in [0.25, 0.3) is 5.56 Å². The maximum atomic E-state index is 13.2. The summed E-state index contributed by atoms with van der Waals surface area (Å²) in [5, 5.41) is 7.70. The number of carbonyl (C=O) groups excluding carboxylic acids is 1. The monoisotopic (exact) mass is 546 g/mol. The van der Waals surface area contributed by atoms with Crippen molar-refractivity contribution in [3.63, 3.8) is 0 Å². The third kappa shape index (κ3) is 6.09. The van der Waals surface area contributed by atoms with Crippen LogP contribution in [0.5, 0.6) is 0 Å². The van der Waals surface area contributed by atoms with Gasteiger partial charge in [0, 0.05) is 37.4 Å². The number of halogens is 6. The van der Waals surface area contributed by atoms with E-state index in [0.29, 0.717) is 31.0 Å². The quantitative estimate of drug-likeness (QED) is 0.406. The minimum Gasteiger partial charge on any atom is -0.379 e. The van der Waals surface area contributed by atoms with Gasteiger partial charge >= 0.3 is 12.4 Å². The van der Waals surface area contributed by atoms with Crippen LogP contribution in [-0.4, -0.2) is 70.9 Å². The Balaban J connectivity index is 1.25. The summed E-state index contributed by atoms with van der Waals surface area (Å²) in [7, 11) is 0. The van der Waals surface area contributed by atoms with Crippen molar-refractivity contribution in [2.24, 2.45) is 0 Å². The molecule has 0 unspecified atom stereocenters. The van der Waals surface area contributed by atoms with Crippen molar-refractivity contribution in [2.75, 3.05) is 43.1 Å². The first-order valence-electron chi connectivity index (χ1n) is 11.6. The molecule has 0 radical (unpaired) electrons. The molecule has 9 nitrogen and oxygen atoms in total.